The lowest BCUT2D eigenvalue weighted by atomic mass is 10.2. The predicted octanol–water partition coefficient (Wildman–Crippen LogP) is 6.81. The van der Waals surface area contributed by atoms with Gasteiger partial charge in [-0.1, -0.05) is 17.7 Å². The summed E-state index contributed by atoms with van der Waals surface area (Å²) >= 11 is 0. The number of rotatable bonds is 8. The van der Waals surface area contributed by atoms with E-state index in [0.29, 0.717) is 17.7 Å². The molecule has 2 unspecified atom stereocenters. The molecule has 0 aliphatic carbocycles. The van der Waals surface area contributed by atoms with Crippen LogP contribution in [0.3, 0.4) is 0 Å². The first-order valence-corrected chi connectivity index (χ1v) is 8.55. The summed E-state index contributed by atoms with van der Waals surface area (Å²) in [6.45, 7) is 1.35. The summed E-state index contributed by atoms with van der Waals surface area (Å²) in [6, 6.07) is 3.32. The Hall–Kier alpha value is -2.58. The van der Waals surface area contributed by atoms with E-state index in [0.717, 1.165) is 17.4 Å². The monoisotopic (exact) mass is 585 g/mol. The highest BCUT2D eigenvalue weighted by Gasteiger charge is 2.85. The zero-order valence-electron chi connectivity index (χ0n) is 17.0. The molecular formula is C16H8F17NO3. The maximum absolute atomic E-state index is 14.4. The molecule has 0 heterocycles. The Morgan fingerprint density at radius 3 is 1.41 bits per heavy atom. The normalized spacial score (nSPS) is 17.7. The van der Waals surface area contributed by atoms with Crippen LogP contribution in [-0.4, -0.2) is 54.3 Å². The van der Waals surface area contributed by atoms with Crippen molar-refractivity contribution in [3.8, 4) is 0 Å². The van der Waals surface area contributed by atoms with Crippen molar-refractivity contribution in [2.24, 2.45) is 0 Å². The summed E-state index contributed by atoms with van der Waals surface area (Å²) in [5, 5.41) is 0.868. The Kier molecular flexibility index (Phi) is 8.17. The van der Waals surface area contributed by atoms with E-state index in [2.05, 4.69) is 0 Å². The van der Waals surface area contributed by atoms with Gasteiger partial charge in [-0.25, -0.2) is 0 Å². The Bertz CT molecular complexity index is 969. The third-order valence-electron chi connectivity index (χ3n) is 3.96. The van der Waals surface area contributed by atoms with Crippen LogP contribution in [0.2, 0.25) is 0 Å². The first-order valence-electron chi connectivity index (χ1n) is 8.55. The van der Waals surface area contributed by atoms with Gasteiger partial charge in [0, 0.05) is 5.69 Å². The average Bonchev–Trinajstić information content (AvgIpc) is 2.66. The fraction of sp³-hybridized carbons (Fsp3) is 0.562. The summed E-state index contributed by atoms with van der Waals surface area (Å²) in [5.41, 5.74) is -0.562. The number of amides is 1. The third kappa shape index (κ3) is 5.96. The predicted molar refractivity (Wildman–Crippen MR) is 82.7 cm³/mol. The van der Waals surface area contributed by atoms with Crippen LogP contribution in [0.4, 0.5) is 80.3 Å². The number of nitrogens with one attached hydrogen (secondary N) is 1. The Balaban J connectivity index is 3.61. The molecule has 0 bridgehead atoms. The number of anilines is 1. The lowest BCUT2D eigenvalue weighted by Crippen LogP contribution is -2.68. The molecule has 0 saturated carbocycles. The van der Waals surface area contributed by atoms with E-state index in [9.17, 15) is 79.4 Å². The molecule has 1 aromatic carbocycles. The maximum atomic E-state index is 14.4. The lowest BCUT2D eigenvalue weighted by molar-refractivity contribution is -0.548. The molecule has 0 saturated heterocycles. The van der Waals surface area contributed by atoms with Gasteiger partial charge in [-0.3, -0.25) is 14.3 Å². The smallest absolute Gasteiger partial charge is 0.321 e. The SMILES string of the molecule is Cc1ccc(NC(=O)C(F)(OC(F)(F)C(F)(OC(F)(F)C(F)(F)C(F)(F)F)C(F)(F)F)C(F)(F)F)cc1. The van der Waals surface area contributed by atoms with Gasteiger partial charge in [0.25, 0.3) is 5.91 Å². The summed E-state index contributed by atoms with van der Waals surface area (Å²) in [4.78, 5) is 11.7. The second-order valence-electron chi connectivity index (χ2n) is 6.82. The topological polar surface area (TPSA) is 47.6 Å². The molecule has 2 atom stereocenters. The van der Waals surface area contributed by atoms with Crippen LogP contribution in [0.1, 0.15) is 5.56 Å². The van der Waals surface area contributed by atoms with Crippen molar-refractivity contribution < 1.29 is 88.9 Å². The van der Waals surface area contributed by atoms with Crippen molar-refractivity contribution in [2.45, 2.75) is 55.3 Å². The highest BCUT2D eigenvalue weighted by Crippen LogP contribution is 2.56. The number of ether oxygens (including phenoxy) is 2. The number of alkyl halides is 17. The van der Waals surface area contributed by atoms with Gasteiger partial charge in [-0.05, 0) is 19.1 Å². The molecule has 1 N–H and O–H groups in total. The summed E-state index contributed by atoms with van der Waals surface area (Å²) in [7, 11) is 0. The van der Waals surface area contributed by atoms with Gasteiger partial charge in [0.2, 0.25) is 0 Å². The first kappa shape index (κ1) is 32.4. The van der Waals surface area contributed by atoms with Crippen molar-refractivity contribution in [1.82, 2.24) is 0 Å². The van der Waals surface area contributed by atoms with Gasteiger partial charge < -0.3 is 5.32 Å². The van der Waals surface area contributed by atoms with E-state index in [-0.39, 0.29) is 0 Å². The molecule has 0 spiro atoms. The number of carbonyl (C=O) groups is 1. The Labute approximate surface area is 192 Å². The summed E-state index contributed by atoms with van der Waals surface area (Å²) in [6.07, 6.45) is -38.5. The lowest BCUT2D eigenvalue weighted by Gasteiger charge is -2.40. The van der Waals surface area contributed by atoms with Gasteiger partial charge in [-0.2, -0.15) is 74.6 Å². The molecule has 21 heteroatoms. The quantitative estimate of drug-likeness (QED) is 0.342. The second kappa shape index (κ2) is 9.31. The number of benzene rings is 1. The zero-order valence-corrected chi connectivity index (χ0v) is 17.0. The number of carbonyl (C=O) groups excluding carboxylic acids is 1. The van der Waals surface area contributed by atoms with Gasteiger partial charge in [0.15, 0.2) is 0 Å². The van der Waals surface area contributed by atoms with E-state index < -0.39 is 60.0 Å². The fourth-order valence-electron chi connectivity index (χ4n) is 2.01. The van der Waals surface area contributed by atoms with Gasteiger partial charge in [-0.15, -0.1) is 0 Å². The van der Waals surface area contributed by atoms with Crippen LogP contribution in [-0.2, 0) is 14.3 Å². The number of hydrogen-bond acceptors (Lipinski definition) is 3. The van der Waals surface area contributed by atoms with Crippen molar-refractivity contribution in [2.75, 3.05) is 5.32 Å². The summed E-state index contributed by atoms with van der Waals surface area (Å²) < 4.78 is 226. The highest BCUT2D eigenvalue weighted by molar-refractivity contribution is 5.96. The highest BCUT2D eigenvalue weighted by atomic mass is 19.4. The molecule has 4 nitrogen and oxygen atoms in total. The van der Waals surface area contributed by atoms with E-state index >= 15 is 0 Å². The maximum Gasteiger partial charge on any atom is 0.462 e. The van der Waals surface area contributed by atoms with E-state index in [4.69, 9.17) is 0 Å². The molecule has 1 amide bonds. The van der Waals surface area contributed by atoms with E-state index in [1.165, 1.54) is 11.7 Å². The molecule has 0 fully saturated rings. The molecule has 0 aromatic heterocycles. The van der Waals surface area contributed by atoms with E-state index in [1.54, 1.807) is 0 Å². The number of hydrogen-bond donors (Lipinski definition) is 1. The molecule has 0 radical (unpaired) electrons. The van der Waals surface area contributed by atoms with Crippen LogP contribution in [0.15, 0.2) is 24.3 Å². The van der Waals surface area contributed by atoms with E-state index in [1.807, 2.05) is 4.74 Å². The third-order valence-corrected chi connectivity index (χ3v) is 3.96. The molecule has 0 aliphatic rings. The molecule has 1 rings (SSSR count). The van der Waals surface area contributed by atoms with Gasteiger partial charge in [0.1, 0.15) is 0 Å². The fourth-order valence-corrected chi connectivity index (χ4v) is 2.01. The van der Waals surface area contributed by atoms with Crippen molar-refractivity contribution in [1.29, 1.82) is 0 Å². The summed E-state index contributed by atoms with van der Waals surface area (Å²) in [5.74, 6) is -26.2. The first-order chi connectivity index (χ1) is 16.1. The molecular weight excluding hydrogens is 577 g/mol. The number of halogens is 17. The standard InChI is InChI=1S/C16H8F17NO3/c1-6-2-4-7(5-3-6)34-8(35)9(17,12(21,22)23)36-16(32,33)11(20,14(27,28)29)37-15(30,31)10(18,19)13(24,25)26/h2-5H,1H3,(H,34,35). The van der Waals surface area contributed by atoms with Crippen molar-refractivity contribution in [3.63, 3.8) is 0 Å². The Morgan fingerprint density at radius 2 is 1.05 bits per heavy atom. The van der Waals surface area contributed by atoms with Crippen molar-refractivity contribution in [3.05, 3.63) is 29.8 Å². The number of aryl methyl sites for hydroxylation is 1. The van der Waals surface area contributed by atoms with Crippen LogP contribution >= 0.6 is 0 Å². The van der Waals surface area contributed by atoms with Gasteiger partial charge >= 0.3 is 48.4 Å². The molecule has 37 heavy (non-hydrogen) atoms. The van der Waals surface area contributed by atoms with Crippen LogP contribution in [0.5, 0.6) is 0 Å². The van der Waals surface area contributed by atoms with Crippen LogP contribution < -0.4 is 5.32 Å². The molecule has 214 valence electrons. The minimum Gasteiger partial charge on any atom is -0.321 e. The molecule has 0 aliphatic heterocycles. The van der Waals surface area contributed by atoms with Crippen LogP contribution in [0, 0.1) is 6.92 Å². The Morgan fingerprint density at radius 1 is 0.622 bits per heavy atom. The second-order valence-corrected chi connectivity index (χ2v) is 6.82. The minimum atomic E-state index is -8.05. The van der Waals surface area contributed by atoms with Crippen LogP contribution in [0.25, 0.3) is 0 Å². The van der Waals surface area contributed by atoms with Gasteiger partial charge in [0.05, 0.1) is 0 Å². The average molecular weight is 585 g/mol. The zero-order chi connectivity index (χ0) is 29.7. The largest absolute Gasteiger partial charge is 0.462 e. The molecule has 1 aromatic rings. The minimum absolute atomic E-state index is 0.323. The van der Waals surface area contributed by atoms with Crippen molar-refractivity contribution >= 4 is 11.6 Å².